The van der Waals surface area contributed by atoms with Crippen LogP contribution in [0.5, 0.6) is 0 Å². The predicted molar refractivity (Wildman–Crippen MR) is 102 cm³/mol. The fourth-order valence-corrected chi connectivity index (χ4v) is 3.40. The maximum Gasteiger partial charge on any atom is 0.248 e. The van der Waals surface area contributed by atoms with Crippen molar-refractivity contribution >= 4 is 29.0 Å². The van der Waals surface area contributed by atoms with Crippen LogP contribution < -0.4 is 10.2 Å². The van der Waals surface area contributed by atoms with Crippen molar-refractivity contribution in [2.75, 3.05) is 30.5 Å². The molecule has 0 saturated carbocycles. The Morgan fingerprint density at radius 1 is 1.42 bits per heavy atom. The summed E-state index contributed by atoms with van der Waals surface area (Å²) in [4.78, 5) is 14.9. The molecule has 1 N–H and O–H groups in total. The van der Waals surface area contributed by atoms with E-state index in [1.165, 1.54) is 0 Å². The van der Waals surface area contributed by atoms with E-state index in [0.717, 1.165) is 25.1 Å². The highest BCUT2D eigenvalue weighted by molar-refractivity contribution is 6.30. The molecule has 1 aliphatic heterocycles. The van der Waals surface area contributed by atoms with E-state index in [0.29, 0.717) is 23.2 Å². The van der Waals surface area contributed by atoms with E-state index in [4.69, 9.17) is 20.9 Å². The van der Waals surface area contributed by atoms with Crippen LogP contribution >= 0.6 is 11.6 Å². The molecule has 0 aliphatic carbocycles. The minimum Gasteiger partial charge on any atom is -0.384 e. The van der Waals surface area contributed by atoms with Crippen molar-refractivity contribution < 1.29 is 14.1 Å². The van der Waals surface area contributed by atoms with Gasteiger partial charge in [-0.15, -0.1) is 0 Å². The van der Waals surface area contributed by atoms with Crippen LogP contribution in [0.4, 0.5) is 11.5 Å². The smallest absolute Gasteiger partial charge is 0.248 e. The number of nitrogens with one attached hydrogen (secondary N) is 1. The number of benzene rings is 1. The number of hydrogen-bond donors (Lipinski definition) is 1. The molecular formula is C19H24ClN3O3. The van der Waals surface area contributed by atoms with Crippen molar-refractivity contribution in [2.24, 2.45) is 0 Å². The molecule has 7 heteroatoms. The third-order valence-corrected chi connectivity index (χ3v) is 4.90. The van der Waals surface area contributed by atoms with E-state index in [1.54, 1.807) is 13.2 Å². The Morgan fingerprint density at radius 2 is 2.15 bits per heavy atom. The summed E-state index contributed by atoms with van der Waals surface area (Å²) in [7, 11) is 1.65. The van der Waals surface area contributed by atoms with Crippen LogP contribution in [-0.4, -0.2) is 37.4 Å². The fraction of sp³-hybridized carbons (Fsp3) is 0.474. The molecular weight excluding hydrogens is 354 g/mol. The van der Waals surface area contributed by atoms with Gasteiger partial charge in [0.1, 0.15) is 11.8 Å². The molecule has 0 radical (unpaired) electrons. The first-order chi connectivity index (χ1) is 12.4. The molecule has 140 valence electrons. The molecule has 0 bridgehead atoms. The zero-order valence-electron chi connectivity index (χ0n) is 15.3. The molecule has 26 heavy (non-hydrogen) atoms. The first-order valence-electron chi connectivity index (χ1n) is 8.70. The molecule has 2 aromatic rings. The number of carbonyl (C=O) groups is 1. The largest absolute Gasteiger partial charge is 0.384 e. The quantitative estimate of drug-likeness (QED) is 0.827. The molecule has 3 rings (SSSR count). The first kappa shape index (κ1) is 18.7. The third kappa shape index (κ3) is 4.02. The molecule has 1 aliphatic rings. The Bertz CT molecular complexity index is 758. The van der Waals surface area contributed by atoms with E-state index >= 15 is 0 Å². The average Bonchev–Trinajstić information content (AvgIpc) is 3.25. The Labute approximate surface area is 158 Å². The standard InChI is InChI=1S/C19H24ClN3O3/c1-19(2,12-25-3)16-11-17(22-26-16)21-18(24)15-5-4-10-23(15)14-8-6-13(20)7-9-14/h6-9,11,15H,4-5,10,12H2,1-3H3,(H,21,22,24). The van der Waals surface area contributed by atoms with Crippen LogP contribution in [0.15, 0.2) is 34.9 Å². The summed E-state index contributed by atoms with van der Waals surface area (Å²) >= 11 is 5.96. The average molecular weight is 378 g/mol. The van der Waals surface area contributed by atoms with E-state index in [2.05, 4.69) is 15.4 Å². The van der Waals surface area contributed by atoms with Gasteiger partial charge in [-0.25, -0.2) is 0 Å². The highest BCUT2D eigenvalue weighted by Crippen LogP contribution is 2.29. The number of anilines is 2. The van der Waals surface area contributed by atoms with Gasteiger partial charge >= 0.3 is 0 Å². The summed E-state index contributed by atoms with van der Waals surface area (Å²) in [6.45, 7) is 5.34. The first-order valence-corrected chi connectivity index (χ1v) is 9.08. The van der Waals surface area contributed by atoms with Gasteiger partial charge in [-0.3, -0.25) is 4.79 Å². The summed E-state index contributed by atoms with van der Waals surface area (Å²) in [6.07, 6.45) is 1.76. The summed E-state index contributed by atoms with van der Waals surface area (Å²) < 4.78 is 10.6. The van der Waals surface area contributed by atoms with E-state index in [9.17, 15) is 4.79 Å². The van der Waals surface area contributed by atoms with Crippen molar-refractivity contribution in [2.45, 2.75) is 38.1 Å². The monoisotopic (exact) mass is 377 g/mol. The van der Waals surface area contributed by atoms with Gasteiger partial charge in [-0.1, -0.05) is 30.6 Å². The minimum atomic E-state index is -0.312. The minimum absolute atomic E-state index is 0.0816. The van der Waals surface area contributed by atoms with Crippen LogP contribution in [-0.2, 0) is 14.9 Å². The van der Waals surface area contributed by atoms with Gasteiger partial charge in [0, 0.05) is 35.8 Å². The van der Waals surface area contributed by atoms with Gasteiger partial charge in [0.15, 0.2) is 5.82 Å². The van der Waals surface area contributed by atoms with Crippen LogP contribution in [0.3, 0.4) is 0 Å². The topological polar surface area (TPSA) is 67.6 Å². The molecule has 1 saturated heterocycles. The van der Waals surface area contributed by atoms with Gasteiger partial charge < -0.3 is 19.5 Å². The molecule has 2 heterocycles. The van der Waals surface area contributed by atoms with Gasteiger partial charge in [0.25, 0.3) is 0 Å². The lowest BCUT2D eigenvalue weighted by Crippen LogP contribution is -2.39. The number of nitrogens with zero attached hydrogens (tertiary/aromatic N) is 2. The summed E-state index contributed by atoms with van der Waals surface area (Å²) in [5, 5.41) is 7.55. The number of ether oxygens (including phenoxy) is 1. The fourth-order valence-electron chi connectivity index (χ4n) is 3.28. The molecule has 0 spiro atoms. The molecule has 1 fully saturated rings. The maximum absolute atomic E-state index is 12.8. The van der Waals surface area contributed by atoms with Crippen LogP contribution in [0.1, 0.15) is 32.4 Å². The summed E-state index contributed by atoms with van der Waals surface area (Å²) in [5.41, 5.74) is 0.682. The summed E-state index contributed by atoms with van der Waals surface area (Å²) in [6, 6.07) is 9.09. The molecule has 6 nitrogen and oxygen atoms in total. The van der Waals surface area contributed by atoms with Crippen molar-refractivity contribution in [3.05, 3.63) is 41.1 Å². The Kier molecular flexibility index (Phi) is 5.53. The highest BCUT2D eigenvalue weighted by atomic mass is 35.5. The van der Waals surface area contributed by atoms with Crippen LogP contribution in [0.2, 0.25) is 5.02 Å². The number of amides is 1. The van der Waals surface area contributed by atoms with Gasteiger partial charge in [0.2, 0.25) is 5.91 Å². The van der Waals surface area contributed by atoms with E-state index < -0.39 is 0 Å². The predicted octanol–water partition coefficient (Wildman–Crippen LogP) is 3.86. The number of carbonyl (C=O) groups excluding carboxylic acids is 1. The van der Waals surface area contributed by atoms with Crippen molar-refractivity contribution in [1.29, 1.82) is 0 Å². The van der Waals surface area contributed by atoms with Crippen molar-refractivity contribution in [1.82, 2.24) is 5.16 Å². The van der Waals surface area contributed by atoms with Crippen molar-refractivity contribution in [3.63, 3.8) is 0 Å². The molecule has 1 amide bonds. The number of aromatic nitrogens is 1. The zero-order valence-corrected chi connectivity index (χ0v) is 16.0. The lowest BCUT2D eigenvalue weighted by Gasteiger charge is -2.25. The van der Waals surface area contributed by atoms with Gasteiger partial charge in [0.05, 0.1) is 6.61 Å². The SMILES string of the molecule is COCC(C)(C)c1cc(NC(=O)C2CCCN2c2ccc(Cl)cc2)no1. The number of halogens is 1. The second kappa shape index (κ2) is 7.68. The van der Waals surface area contributed by atoms with Gasteiger partial charge in [-0.2, -0.15) is 0 Å². The lowest BCUT2D eigenvalue weighted by atomic mass is 9.91. The second-order valence-electron chi connectivity index (χ2n) is 7.21. The highest BCUT2D eigenvalue weighted by Gasteiger charge is 2.32. The lowest BCUT2D eigenvalue weighted by molar-refractivity contribution is -0.117. The van der Waals surface area contributed by atoms with Crippen molar-refractivity contribution in [3.8, 4) is 0 Å². The Hall–Kier alpha value is -2.05. The van der Waals surface area contributed by atoms with E-state index in [1.807, 2.05) is 38.1 Å². The molecule has 1 aromatic carbocycles. The number of rotatable bonds is 6. The number of methoxy groups -OCH3 is 1. The zero-order chi connectivity index (χ0) is 18.7. The Morgan fingerprint density at radius 3 is 2.85 bits per heavy atom. The normalized spacial score (nSPS) is 17.5. The van der Waals surface area contributed by atoms with E-state index in [-0.39, 0.29) is 17.4 Å². The second-order valence-corrected chi connectivity index (χ2v) is 7.65. The van der Waals surface area contributed by atoms with Crippen LogP contribution in [0, 0.1) is 0 Å². The third-order valence-electron chi connectivity index (χ3n) is 4.65. The molecule has 1 aromatic heterocycles. The van der Waals surface area contributed by atoms with Gasteiger partial charge in [-0.05, 0) is 37.1 Å². The number of hydrogen-bond acceptors (Lipinski definition) is 5. The van der Waals surface area contributed by atoms with Crippen LogP contribution in [0.25, 0.3) is 0 Å². The Balaban J connectivity index is 1.69. The molecule has 1 unspecified atom stereocenters. The summed E-state index contributed by atoms with van der Waals surface area (Å²) in [5.74, 6) is 1.02. The molecule has 1 atom stereocenters. The maximum atomic E-state index is 12.8.